The molecule has 24 heavy (non-hydrogen) atoms. The fraction of sp³-hybridized carbons (Fsp3) is 0.133. The van der Waals surface area contributed by atoms with Crippen LogP contribution in [0.4, 0.5) is 20.4 Å². The van der Waals surface area contributed by atoms with Crippen molar-refractivity contribution >= 4 is 11.6 Å². The molecule has 7 nitrogen and oxygen atoms in total. The number of ether oxygens (including phenoxy) is 1. The summed E-state index contributed by atoms with van der Waals surface area (Å²) in [4.78, 5) is 14.5. The van der Waals surface area contributed by atoms with Crippen LogP contribution in [-0.2, 0) is 6.42 Å². The molecule has 2 heterocycles. The van der Waals surface area contributed by atoms with E-state index >= 15 is 0 Å². The number of alkyl halides is 2. The van der Waals surface area contributed by atoms with Crippen molar-refractivity contribution in [3.8, 4) is 5.75 Å². The zero-order valence-corrected chi connectivity index (χ0v) is 12.2. The largest absolute Gasteiger partial charge is 0.469 e. The van der Waals surface area contributed by atoms with Crippen molar-refractivity contribution in [1.82, 2.24) is 15.2 Å². The van der Waals surface area contributed by atoms with Gasteiger partial charge in [0.25, 0.3) is 5.56 Å². The van der Waals surface area contributed by atoms with E-state index in [1.165, 1.54) is 30.5 Å². The predicted octanol–water partition coefficient (Wildman–Crippen LogP) is 2.69. The minimum Gasteiger partial charge on any atom is -0.469 e. The molecule has 0 atom stereocenters. The Labute approximate surface area is 134 Å². The average molecular weight is 334 g/mol. The van der Waals surface area contributed by atoms with Gasteiger partial charge in [-0.2, -0.15) is 8.78 Å². The van der Waals surface area contributed by atoms with Crippen molar-refractivity contribution in [1.29, 1.82) is 0 Å². The molecule has 0 aliphatic heterocycles. The lowest BCUT2D eigenvalue weighted by atomic mass is 10.2. The van der Waals surface area contributed by atoms with Crippen LogP contribution in [0.25, 0.3) is 0 Å². The normalized spacial score (nSPS) is 10.8. The number of aromatic amines is 1. The second kappa shape index (κ2) is 6.90. The van der Waals surface area contributed by atoms with E-state index in [1.54, 1.807) is 12.1 Å². The Kier molecular flexibility index (Phi) is 4.50. The van der Waals surface area contributed by atoms with Gasteiger partial charge in [0.05, 0.1) is 12.7 Å². The molecule has 0 fully saturated rings. The molecule has 1 aromatic carbocycles. The Bertz CT molecular complexity index is 848. The van der Waals surface area contributed by atoms with Crippen molar-refractivity contribution < 1.29 is 17.9 Å². The van der Waals surface area contributed by atoms with Crippen LogP contribution in [0.15, 0.2) is 51.9 Å². The fourth-order valence-electron chi connectivity index (χ4n) is 1.97. The number of furan rings is 1. The SMILES string of the molecule is O=c1[nH]c(Nc2ccc(OC(F)F)cc2)nnc1Cc1ccco1. The van der Waals surface area contributed by atoms with Gasteiger partial charge in [-0.15, -0.1) is 10.2 Å². The van der Waals surface area contributed by atoms with E-state index in [9.17, 15) is 13.6 Å². The van der Waals surface area contributed by atoms with Gasteiger partial charge in [-0.05, 0) is 36.4 Å². The molecular weight excluding hydrogens is 322 g/mol. The first-order chi connectivity index (χ1) is 11.6. The Hall–Kier alpha value is -3.23. The van der Waals surface area contributed by atoms with Crippen LogP contribution in [0.3, 0.4) is 0 Å². The molecule has 124 valence electrons. The number of nitrogens with zero attached hydrogens (tertiary/aromatic N) is 2. The number of H-pyrrole nitrogens is 1. The Balaban J connectivity index is 1.69. The van der Waals surface area contributed by atoms with Gasteiger partial charge in [0, 0.05) is 5.69 Å². The minimum absolute atomic E-state index is 0.0314. The van der Waals surface area contributed by atoms with Gasteiger partial charge in [0.15, 0.2) is 0 Å². The van der Waals surface area contributed by atoms with Gasteiger partial charge in [0.1, 0.15) is 17.2 Å². The molecule has 3 aromatic rings. The highest BCUT2D eigenvalue weighted by molar-refractivity contribution is 5.54. The van der Waals surface area contributed by atoms with Crippen molar-refractivity contribution in [3.63, 3.8) is 0 Å². The van der Waals surface area contributed by atoms with Crippen LogP contribution in [0.1, 0.15) is 11.5 Å². The summed E-state index contributed by atoms with van der Waals surface area (Å²) in [6.45, 7) is -2.88. The van der Waals surface area contributed by atoms with Gasteiger partial charge in [-0.25, -0.2) is 0 Å². The molecule has 2 aromatic heterocycles. The molecule has 0 radical (unpaired) electrons. The van der Waals surface area contributed by atoms with Gasteiger partial charge in [-0.1, -0.05) is 0 Å². The lowest BCUT2D eigenvalue weighted by molar-refractivity contribution is -0.0498. The van der Waals surface area contributed by atoms with E-state index in [-0.39, 0.29) is 23.8 Å². The number of anilines is 2. The third-order valence-electron chi connectivity index (χ3n) is 3.03. The third-order valence-corrected chi connectivity index (χ3v) is 3.03. The molecule has 0 saturated heterocycles. The van der Waals surface area contributed by atoms with Crippen LogP contribution in [-0.4, -0.2) is 21.8 Å². The maximum atomic E-state index is 12.1. The number of rotatable bonds is 6. The third kappa shape index (κ3) is 3.94. The summed E-state index contributed by atoms with van der Waals surface area (Å²) in [5.74, 6) is 0.764. The number of hydrogen-bond donors (Lipinski definition) is 2. The summed E-state index contributed by atoms with van der Waals surface area (Å²) >= 11 is 0. The summed E-state index contributed by atoms with van der Waals surface area (Å²) < 4.78 is 33.6. The Morgan fingerprint density at radius 1 is 1.21 bits per heavy atom. The average Bonchev–Trinajstić information content (AvgIpc) is 3.04. The highest BCUT2D eigenvalue weighted by atomic mass is 19.3. The Morgan fingerprint density at radius 3 is 2.62 bits per heavy atom. The van der Waals surface area contributed by atoms with Crippen LogP contribution in [0, 0.1) is 0 Å². The molecule has 0 unspecified atom stereocenters. The van der Waals surface area contributed by atoms with E-state index in [4.69, 9.17) is 4.42 Å². The topological polar surface area (TPSA) is 93.0 Å². The molecule has 9 heteroatoms. The van der Waals surface area contributed by atoms with Crippen LogP contribution in [0.5, 0.6) is 5.75 Å². The number of aromatic nitrogens is 3. The summed E-state index contributed by atoms with van der Waals surface area (Å²) in [5, 5.41) is 10.6. The van der Waals surface area contributed by atoms with E-state index in [0.29, 0.717) is 11.4 Å². The summed E-state index contributed by atoms with van der Waals surface area (Å²) in [7, 11) is 0. The van der Waals surface area contributed by atoms with Crippen molar-refractivity contribution in [3.05, 3.63) is 64.5 Å². The Morgan fingerprint density at radius 2 is 2.00 bits per heavy atom. The van der Waals surface area contributed by atoms with Gasteiger partial charge < -0.3 is 14.5 Å². The maximum Gasteiger partial charge on any atom is 0.387 e. The van der Waals surface area contributed by atoms with Crippen molar-refractivity contribution in [2.45, 2.75) is 13.0 Å². The van der Waals surface area contributed by atoms with Crippen molar-refractivity contribution in [2.24, 2.45) is 0 Å². The quantitative estimate of drug-likeness (QED) is 0.720. The number of halogens is 2. The molecule has 0 saturated carbocycles. The number of hydrogen-bond acceptors (Lipinski definition) is 6. The predicted molar refractivity (Wildman–Crippen MR) is 80.5 cm³/mol. The first-order valence-electron chi connectivity index (χ1n) is 6.90. The first kappa shape index (κ1) is 15.7. The van der Waals surface area contributed by atoms with Crippen LogP contribution >= 0.6 is 0 Å². The number of benzene rings is 1. The lowest BCUT2D eigenvalue weighted by Crippen LogP contribution is -2.18. The number of nitrogens with one attached hydrogen (secondary N) is 2. The van der Waals surface area contributed by atoms with Gasteiger partial charge in [0.2, 0.25) is 5.95 Å². The molecular formula is C15H12F2N4O3. The smallest absolute Gasteiger partial charge is 0.387 e. The van der Waals surface area contributed by atoms with E-state index in [0.717, 1.165) is 0 Å². The molecule has 3 rings (SSSR count). The molecule has 2 N–H and O–H groups in total. The lowest BCUT2D eigenvalue weighted by Gasteiger charge is -2.07. The summed E-state index contributed by atoms with van der Waals surface area (Å²) in [6.07, 6.45) is 1.74. The standard InChI is InChI=1S/C15H12F2N4O3/c16-14(17)24-10-5-3-9(4-6-10)18-15-19-13(22)12(20-21-15)8-11-2-1-7-23-11/h1-7,14H,8H2,(H2,18,19,21,22). The molecule has 0 aliphatic rings. The maximum absolute atomic E-state index is 12.1. The zero-order valence-electron chi connectivity index (χ0n) is 12.2. The monoisotopic (exact) mass is 334 g/mol. The zero-order chi connectivity index (χ0) is 16.9. The van der Waals surface area contributed by atoms with E-state index in [1.807, 2.05) is 0 Å². The molecule has 0 amide bonds. The highest BCUT2D eigenvalue weighted by Gasteiger charge is 2.08. The van der Waals surface area contributed by atoms with Gasteiger partial charge in [-0.3, -0.25) is 9.78 Å². The van der Waals surface area contributed by atoms with Crippen LogP contribution in [0.2, 0.25) is 0 Å². The summed E-state index contributed by atoms with van der Waals surface area (Å²) in [5.41, 5.74) is 0.345. The summed E-state index contributed by atoms with van der Waals surface area (Å²) in [6, 6.07) is 9.20. The molecule has 0 aliphatic carbocycles. The van der Waals surface area contributed by atoms with Crippen LogP contribution < -0.4 is 15.6 Å². The van der Waals surface area contributed by atoms with E-state index in [2.05, 4.69) is 25.2 Å². The minimum atomic E-state index is -2.88. The first-order valence-corrected chi connectivity index (χ1v) is 6.90. The van der Waals surface area contributed by atoms with E-state index < -0.39 is 12.2 Å². The van der Waals surface area contributed by atoms with Gasteiger partial charge >= 0.3 is 6.61 Å². The van der Waals surface area contributed by atoms with Crippen molar-refractivity contribution in [2.75, 3.05) is 5.32 Å². The molecule has 0 spiro atoms. The highest BCUT2D eigenvalue weighted by Crippen LogP contribution is 2.19. The molecule has 0 bridgehead atoms. The second-order valence-electron chi connectivity index (χ2n) is 4.73. The second-order valence-corrected chi connectivity index (χ2v) is 4.73. The fourth-order valence-corrected chi connectivity index (χ4v) is 1.97.